The van der Waals surface area contributed by atoms with Crippen LogP contribution in [-0.4, -0.2) is 20.6 Å². The summed E-state index contributed by atoms with van der Waals surface area (Å²) in [5, 5.41) is 8.63. The Morgan fingerprint density at radius 2 is 2.38 bits per heavy atom. The summed E-state index contributed by atoms with van der Waals surface area (Å²) in [6.45, 7) is 0.654. The molecule has 5 nitrogen and oxygen atoms in total. The number of nitrogens with zero attached hydrogens (tertiary/aromatic N) is 2. The maximum absolute atomic E-state index is 11.3. The minimum Gasteiger partial charge on any atom is -0.477 e. The van der Waals surface area contributed by atoms with Crippen molar-refractivity contribution in [3.05, 3.63) is 27.9 Å². The van der Waals surface area contributed by atoms with Crippen LogP contribution in [-0.2, 0) is 13.0 Å². The van der Waals surface area contributed by atoms with Crippen LogP contribution in [0, 0.1) is 0 Å². The van der Waals surface area contributed by atoms with Crippen LogP contribution in [0.25, 0.3) is 0 Å². The van der Waals surface area contributed by atoms with E-state index in [1.54, 1.807) is 0 Å². The maximum atomic E-state index is 11.3. The molecule has 0 radical (unpaired) electrons. The zero-order chi connectivity index (χ0) is 9.42. The molecule has 0 aliphatic carbocycles. The summed E-state index contributed by atoms with van der Waals surface area (Å²) in [6, 6.07) is 1.07. The third-order valence-corrected chi connectivity index (χ3v) is 2.09. The second-order valence-corrected chi connectivity index (χ2v) is 2.96. The highest BCUT2D eigenvalue weighted by Gasteiger charge is 2.16. The Hall–Kier alpha value is -1.65. The molecule has 2 heterocycles. The Bertz CT molecular complexity index is 422. The molecule has 5 heteroatoms. The van der Waals surface area contributed by atoms with Crippen LogP contribution >= 0.6 is 0 Å². The maximum Gasteiger partial charge on any atom is 0.354 e. The second kappa shape index (κ2) is 2.69. The van der Waals surface area contributed by atoms with Gasteiger partial charge in [0.2, 0.25) is 0 Å². The van der Waals surface area contributed by atoms with Crippen molar-refractivity contribution in [2.24, 2.45) is 0 Å². The molecule has 0 fully saturated rings. The summed E-state index contributed by atoms with van der Waals surface area (Å²) < 4.78 is 1.52. The number of aryl methyl sites for hydroxylation is 1. The minimum atomic E-state index is -1.15. The molecule has 1 aromatic heterocycles. The van der Waals surface area contributed by atoms with E-state index in [0.29, 0.717) is 18.8 Å². The van der Waals surface area contributed by atoms with Crippen molar-refractivity contribution in [1.29, 1.82) is 0 Å². The first kappa shape index (κ1) is 7.97. The Labute approximate surface area is 73.7 Å². The summed E-state index contributed by atoms with van der Waals surface area (Å²) in [4.78, 5) is 25.7. The summed E-state index contributed by atoms with van der Waals surface area (Å²) in [6.07, 6.45) is 1.56. The van der Waals surface area contributed by atoms with E-state index in [-0.39, 0.29) is 11.3 Å². The van der Waals surface area contributed by atoms with Crippen LogP contribution in [0.3, 0.4) is 0 Å². The van der Waals surface area contributed by atoms with Gasteiger partial charge in [0.25, 0.3) is 5.56 Å². The number of carboxylic acid groups (broad SMARTS) is 1. The van der Waals surface area contributed by atoms with Crippen LogP contribution in [0.4, 0.5) is 0 Å². The van der Waals surface area contributed by atoms with E-state index in [0.717, 1.165) is 12.5 Å². The van der Waals surface area contributed by atoms with Crippen molar-refractivity contribution in [2.75, 3.05) is 0 Å². The van der Waals surface area contributed by atoms with Crippen LogP contribution in [0.15, 0.2) is 10.9 Å². The van der Waals surface area contributed by atoms with Crippen LogP contribution in [0.1, 0.15) is 22.7 Å². The fourth-order valence-electron chi connectivity index (χ4n) is 1.49. The summed E-state index contributed by atoms with van der Waals surface area (Å²) in [5.41, 5.74) is -0.418. The molecule has 2 rings (SSSR count). The first-order chi connectivity index (χ1) is 6.18. The van der Waals surface area contributed by atoms with Crippen molar-refractivity contribution in [1.82, 2.24) is 9.55 Å². The minimum absolute atomic E-state index is 0.154. The average Bonchev–Trinajstić information content (AvgIpc) is 2.51. The van der Waals surface area contributed by atoms with Crippen molar-refractivity contribution < 1.29 is 9.90 Å². The number of fused-ring (bicyclic) bond motifs is 1. The molecular formula is C8H8N2O3. The molecule has 0 spiro atoms. The SMILES string of the molecule is O=C(O)c1cc(=O)n2c(n1)CCC2. The molecule has 13 heavy (non-hydrogen) atoms. The van der Waals surface area contributed by atoms with Crippen molar-refractivity contribution in [3.8, 4) is 0 Å². The van der Waals surface area contributed by atoms with E-state index in [4.69, 9.17) is 5.11 Å². The molecular weight excluding hydrogens is 172 g/mol. The number of carboxylic acids is 1. The Balaban J connectivity index is 2.62. The van der Waals surface area contributed by atoms with E-state index in [2.05, 4.69) is 4.98 Å². The molecule has 0 amide bonds. The van der Waals surface area contributed by atoms with Gasteiger partial charge in [0.05, 0.1) is 0 Å². The van der Waals surface area contributed by atoms with E-state index in [1.807, 2.05) is 0 Å². The summed E-state index contributed by atoms with van der Waals surface area (Å²) >= 11 is 0. The molecule has 1 aliphatic heterocycles. The third kappa shape index (κ3) is 1.22. The van der Waals surface area contributed by atoms with E-state index in [1.165, 1.54) is 4.57 Å². The van der Waals surface area contributed by atoms with Crippen molar-refractivity contribution in [2.45, 2.75) is 19.4 Å². The third-order valence-electron chi connectivity index (χ3n) is 2.09. The smallest absolute Gasteiger partial charge is 0.354 e. The van der Waals surface area contributed by atoms with Gasteiger partial charge in [0.1, 0.15) is 5.82 Å². The average molecular weight is 180 g/mol. The lowest BCUT2D eigenvalue weighted by Gasteiger charge is -2.01. The zero-order valence-corrected chi connectivity index (χ0v) is 6.86. The summed E-state index contributed by atoms with van der Waals surface area (Å²) in [5.74, 6) is -0.558. The van der Waals surface area contributed by atoms with Gasteiger partial charge in [-0.25, -0.2) is 9.78 Å². The predicted octanol–water partition coefficient (Wildman–Crippen LogP) is -0.112. The highest BCUT2D eigenvalue weighted by atomic mass is 16.4. The number of aromatic nitrogens is 2. The Morgan fingerprint density at radius 3 is 3.08 bits per heavy atom. The van der Waals surface area contributed by atoms with Gasteiger partial charge in [0, 0.05) is 19.0 Å². The normalized spacial score (nSPS) is 14.2. The molecule has 0 saturated heterocycles. The fraction of sp³-hybridized carbons (Fsp3) is 0.375. The molecule has 1 aliphatic rings. The van der Waals surface area contributed by atoms with Gasteiger partial charge in [-0.2, -0.15) is 0 Å². The highest BCUT2D eigenvalue weighted by Crippen LogP contribution is 2.08. The first-order valence-electron chi connectivity index (χ1n) is 4.02. The van der Waals surface area contributed by atoms with E-state index in [9.17, 15) is 9.59 Å². The van der Waals surface area contributed by atoms with Gasteiger partial charge < -0.3 is 5.11 Å². The monoisotopic (exact) mass is 180 g/mol. The van der Waals surface area contributed by atoms with Gasteiger partial charge in [-0.3, -0.25) is 9.36 Å². The quantitative estimate of drug-likeness (QED) is 0.654. The lowest BCUT2D eigenvalue weighted by molar-refractivity contribution is 0.0689. The molecule has 0 unspecified atom stereocenters. The Morgan fingerprint density at radius 1 is 1.62 bits per heavy atom. The molecule has 0 atom stereocenters. The van der Waals surface area contributed by atoms with Crippen LogP contribution in [0.2, 0.25) is 0 Å². The van der Waals surface area contributed by atoms with Crippen molar-refractivity contribution >= 4 is 5.97 Å². The van der Waals surface area contributed by atoms with Gasteiger partial charge in [-0.05, 0) is 6.42 Å². The van der Waals surface area contributed by atoms with Gasteiger partial charge >= 0.3 is 5.97 Å². The number of hydrogen-bond acceptors (Lipinski definition) is 3. The number of hydrogen-bond donors (Lipinski definition) is 1. The lowest BCUT2D eigenvalue weighted by atomic mass is 10.3. The van der Waals surface area contributed by atoms with Gasteiger partial charge in [0.15, 0.2) is 5.69 Å². The molecule has 1 aromatic rings. The molecule has 1 N–H and O–H groups in total. The molecule has 0 saturated carbocycles. The van der Waals surface area contributed by atoms with Gasteiger partial charge in [-0.15, -0.1) is 0 Å². The number of carbonyl (C=O) groups is 1. The van der Waals surface area contributed by atoms with Crippen LogP contribution in [0.5, 0.6) is 0 Å². The van der Waals surface area contributed by atoms with Crippen LogP contribution < -0.4 is 5.56 Å². The Kier molecular flexibility index (Phi) is 1.65. The van der Waals surface area contributed by atoms with E-state index >= 15 is 0 Å². The second-order valence-electron chi connectivity index (χ2n) is 2.96. The molecule has 0 aromatic carbocycles. The first-order valence-corrected chi connectivity index (χ1v) is 4.02. The topological polar surface area (TPSA) is 72.2 Å². The standard InChI is InChI=1S/C8H8N2O3/c11-7-4-5(8(12)13)9-6-2-1-3-10(6)7/h4H,1-3H2,(H,12,13). The zero-order valence-electron chi connectivity index (χ0n) is 6.86. The number of aromatic carboxylic acids is 1. The molecule has 0 bridgehead atoms. The highest BCUT2D eigenvalue weighted by molar-refractivity contribution is 5.85. The van der Waals surface area contributed by atoms with Gasteiger partial charge in [-0.1, -0.05) is 0 Å². The van der Waals surface area contributed by atoms with E-state index < -0.39 is 5.97 Å². The lowest BCUT2D eigenvalue weighted by Crippen LogP contribution is -2.22. The predicted molar refractivity (Wildman–Crippen MR) is 43.8 cm³/mol. The molecule has 68 valence electrons. The largest absolute Gasteiger partial charge is 0.477 e. The number of rotatable bonds is 1. The summed E-state index contributed by atoms with van der Waals surface area (Å²) in [7, 11) is 0. The fourth-order valence-corrected chi connectivity index (χ4v) is 1.49. The van der Waals surface area contributed by atoms with Crippen molar-refractivity contribution in [3.63, 3.8) is 0 Å².